The second-order valence-corrected chi connectivity index (χ2v) is 8.17. The van der Waals surface area contributed by atoms with Crippen molar-refractivity contribution in [2.45, 2.75) is 33.6 Å². The van der Waals surface area contributed by atoms with E-state index in [1.807, 2.05) is 76.2 Å². The van der Waals surface area contributed by atoms with Crippen molar-refractivity contribution in [2.24, 2.45) is 16.7 Å². The molecule has 1 fully saturated rings. The molecule has 0 bridgehead atoms. The lowest BCUT2D eigenvalue weighted by Crippen LogP contribution is -2.28. The van der Waals surface area contributed by atoms with Gasteiger partial charge >= 0.3 is 5.97 Å². The molecule has 1 N–H and O–H groups in total. The molecule has 3 atom stereocenters. The lowest BCUT2D eigenvalue weighted by molar-refractivity contribution is -0.145. The minimum Gasteiger partial charge on any atom is -0.481 e. The van der Waals surface area contributed by atoms with Crippen molar-refractivity contribution in [1.82, 2.24) is 0 Å². The lowest BCUT2D eigenvalue weighted by atomic mass is 9.78. The number of hydrogen-bond acceptors (Lipinski definition) is 3. The Balaban J connectivity index is 2.01. The summed E-state index contributed by atoms with van der Waals surface area (Å²) in [7, 11) is 0. The van der Waals surface area contributed by atoms with Crippen LogP contribution in [0.15, 0.2) is 66.2 Å². The summed E-state index contributed by atoms with van der Waals surface area (Å²) in [6.45, 7) is 7.77. The van der Waals surface area contributed by atoms with Gasteiger partial charge in [0.2, 0.25) is 0 Å². The Morgan fingerprint density at radius 1 is 1.14 bits per heavy atom. The summed E-state index contributed by atoms with van der Waals surface area (Å²) in [5.74, 6) is -0.635. The standard InChI is InChI=1S/C24H25NO3/c1-16(2)13-21-23(3,4)24(21,22(26)27)20(15-25)17-9-8-12-19(14-17)28-18-10-6-5-7-11-18/h5-14,20-21H,1-4H3,(H,26,27)/t20?,21-,24+/m0/s1. The Labute approximate surface area is 166 Å². The van der Waals surface area contributed by atoms with Crippen LogP contribution < -0.4 is 4.74 Å². The summed E-state index contributed by atoms with van der Waals surface area (Å²) in [6, 6.07) is 18.9. The number of rotatable bonds is 6. The zero-order valence-corrected chi connectivity index (χ0v) is 16.6. The number of nitriles is 1. The van der Waals surface area contributed by atoms with Gasteiger partial charge in [-0.1, -0.05) is 55.8 Å². The maximum atomic E-state index is 12.4. The van der Waals surface area contributed by atoms with Gasteiger partial charge in [0.05, 0.1) is 12.0 Å². The normalized spacial score (nSPS) is 23.2. The van der Waals surface area contributed by atoms with Crippen LogP contribution in [0.25, 0.3) is 0 Å². The molecule has 144 valence electrons. The summed E-state index contributed by atoms with van der Waals surface area (Å²) in [5, 5.41) is 20.2. The van der Waals surface area contributed by atoms with Crippen molar-refractivity contribution in [3.63, 3.8) is 0 Å². The molecule has 0 amide bonds. The molecule has 1 aliphatic rings. The maximum absolute atomic E-state index is 12.4. The van der Waals surface area contributed by atoms with Crippen LogP contribution in [0.5, 0.6) is 11.5 Å². The van der Waals surface area contributed by atoms with E-state index in [-0.39, 0.29) is 5.92 Å². The minimum absolute atomic E-state index is 0.203. The van der Waals surface area contributed by atoms with Gasteiger partial charge in [0.1, 0.15) is 16.9 Å². The third-order valence-corrected chi connectivity index (χ3v) is 5.86. The second kappa shape index (κ2) is 7.16. The van der Waals surface area contributed by atoms with Crippen LogP contribution in [-0.4, -0.2) is 11.1 Å². The fourth-order valence-corrected chi connectivity index (χ4v) is 4.42. The average molecular weight is 375 g/mol. The molecule has 0 radical (unpaired) electrons. The molecule has 0 heterocycles. The highest BCUT2D eigenvalue weighted by Gasteiger charge is 2.78. The molecule has 2 aromatic carbocycles. The summed E-state index contributed by atoms with van der Waals surface area (Å²) in [5.41, 5.74) is 0.0343. The van der Waals surface area contributed by atoms with E-state index >= 15 is 0 Å². The highest BCUT2D eigenvalue weighted by Crippen LogP contribution is 2.75. The largest absolute Gasteiger partial charge is 0.481 e. The minimum atomic E-state index is -1.16. The molecule has 0 saturated heterocycles. The van der Waals surface area contributed by atoms with E-state index in [1.165, 1.54) is 0 Å². The Morgan fingerprint density at radius 2 is 1.79 bits per heavy atom. The van der Waals surface area contributed by atoms with Gasteiger partial charge in [0.15, 0.2) is 0 Å². The molecular formula is C24H25NO3. The predicted molar refractivity (Wildman–Crippen MR) is 108 cm³/mol. The van der Waals surface area contributed by atoms with E-state index in [9.17, 15) is 15.2 Å². The van der Waals surface area contributed by atoms with E-state index in [1.54, 1.807) is 12.1 Å². The van der Waals surface area contributed by atoms with Crippen LogP contribution in [0.3, 0.4) is 0 Å². The van der Waals surface area contributed by atoms with E-state index in [2.05, 4.69) is 6.07 Å². The van der Waals surface area contributed by atoms with E-state index in [0.717, 1.165) is 5.57 Å². The quantitative estimate of drug-likeness (QED) is 0.650. The van der Waals surface area contributed by atoms with E-state index in [4.69, 9.17) is 4.74 Å². The van der Waals surface area contributed by atoms with Crippen molar-refractivity contribution in [1.29, 1.82) is 5.26 Å². The molecule has 0 spiro atoms. The third-order valence-electron chi connectivity index (χ3n) is 5.86. The molecule has 28 heavy (non-hydrogen) atoms. The van der Waals surface area contributed by atoms with Crippen LogP contribution in [0.1, 0.15) is 39.2 Å². The van der Waals surface area contributed by atoms with Gasteiger partial charge in [0.25, 0.3) is 0 Å². The highest BCUT2D eigenvalue weighted by atomic mass is 16.5. The van der Waals surface area contributed by atoms with E-state index < -0.39 is 22.7 Å². The second-order valence-electron chi connectivity index (χ2n) is 8.17. The van der Waals surface area contributed by atoms with E-state index in [0.29, 0.717) is 17.1 Å². The summed E-state index contributed by atoms with van der Waals surface area (Å²) in [6.07, 6.45) is 1.99. The van der Waals surface area contributed by atoms with Crippen molar-refractivity contribution >= 4 is 5.97 Å². The first kappa shape index (κ1) is 19.7. The Kier molecular flexibility index (Phi) is 5.04. The molecule has 1 unspecified atom stereocenters. The smallest absolute Gasteiger partial charge is 0.312 e. The molecule has 1 aliphatic carbocycles. The fraction of sp³-hybridized carbons (Fsp3) is 0.333. The topological polar surface area (TPSA) is 70.3 Å². The number of carboxylic acids is 1. The van der Waals surface area contributed by atoms with Crippen molar-refractivity contribution < 1.29 is 14.6 Å². The van der Waals surface area contributed by atoms with Crippen molar-refractivity contribution in [3.05, 3.63) is 71.8 Å². The fourth-order valence-electron chi connectivity index (χ4n) is 4.42. The van der Waals surface area contributed by atoms with Gasteiger partial charge in [-0.3, -0.25) is 4.79 Å². The number of para-hydroxylation sites is 1. The van der Waals surface area contributed by atoms with Crippen LogP contribution >= 0.6 is 0 Å². The summed E-state index contributed by atoms with van der Waals surface area (Å²) < 4.78 is 5.88. The number of ether oxygens (including phenoxy) is 1. The molecule has 3 rings (SSSR count). The van der Waals surface area contributed by atoms with Gasteiger partial charge < -0.3 is 9.84 Å². The average Bonchev–Trinajstić information content (AvgIpc) is 3.12. The highest BCUT2D eigenvalue weighted by molar-refractivity contribution is 5.84. The molecular weight excluding hydrogens is 350 g/mol. The molecule has 1 saturated carbocycles. The number of hydrogen-bond donors (Lipinski definition) is 1. The zero-order valence-electron chi connectivity index (χ0n) is 16.6. The molecule has 2 aromatic rings. The predicted octanol–water partition coefficient (Wildman–Crippen LogP) is 5.78. The van der Waals surface area contributed by atoms with Gasteiger partial charge in [-0.2, -0.15) is 5.26 Å². The van der Waals surface area contributed by atoms with Crippen molar-refractivity contribution in [3.8, 4) is 17.6 Å². The molecule has 4 nitrogen and oxygen atoms in total. The SMILES string of the molecule is CC(C)=C[C@H]1C(C)(C)[C@]1(C(=O)O)C(C#N)c1cccc(Oc2ccccc2)c1. The number of carbonyl (C=O) groups is 1. The van der Waals surface area contributed by atoms with Crippen LogP contribution in [0, 0.1) is 28.1 Å². The number of allylic oxidation sites excluding steroid dienone is 2. The van der Waals surface area contributed by atoms with Crippen LogP contribution in [-0.2, 0) is 4.79 Å². The van der Waals surface area contributed by atoms with Crippen molar-refractivity contribution in [2.75, 3.05) is 0 Å². The lowest BCUT2D eigenvalue weighted by Gasteiger charge is -2.22. The van der Waals surface area contributed by atoms with Gasteiger partial charge in [-0.25, -0.2) is 0 Å². The first-order chi connectivity index (χ1) is 13.2. The third kappa shape index (κ3) is 3.07. The molecule has 0 aliphatic heterocycles. The summed E-state index contributed by atoms with van der Waals surface area (Å²) in [4.78, 5) is 12.4. The number of nitrogens with zero attached hydrogens (tertiary/aromatic N) is 1. The molecule has 4 heteroatoms. The number of carboxylic acid groups (broad SMARTS) is 1. The first-order valence-corrected chi connectivity index (χ1v) is 9.36. The first-order valence-electron chi connectivity index (χ1n) is 9.36. The zero-order chi connectivity index (χ0) is 20.5. The number of benzene rings is 2. The monoisotopic (exact) mass is 375 g/mol. The Bertz CT molecular complexity index is 951. The Morgan fingerprint density at radius 3 is 2.36 bits per heavy atom. The van der Waals surface area contributed by atoms with Gasteiger partial charge in [0, 0.05) is 5.92 Å². The van der Waals surface area contributed by atoms with Crippen LogP contribution in [0.2, 0.25) is 0 Å². The van der Waals surface area contributed by atoms with Crippen LogP contribution in [0.4, 0.5) is 0 Å². The van der Waals surface area contributed by atoms with Gasteiger partial charge in [-0.15, -0.1) is 0 Å². The van der Waals surface area contributed by atoms with Gasteiger partial charge in [-0.05, 0) is 49.1 Å². The Hall–Kier alpha value is -3.06. The number of aliphatic carboxylic acids is 1. The maximum Gasteiger partial charge on any atom is 0.312 e. The summed E-state index contributed by atoms with van der Waals surface area (Å²) >= 11 is 0. The molecule has 0 aromatic heterocycles.